The molecule has 2 aromatic carbocycles. The fraction of sp³-hybridized carbons (Fsp3) is 0.321. The number of likely N-dealkylation sites (N-methyl/N-ethyl adjacent to an activating group) is 1. The number of ether oxygens (including phenoxy) is 1. The zero-order chi connectivity index (χ0) is 27.5. The number of nitrogens with one attached hydrogen (secondary N) is 4. The number of hydrogen-bond acceptors (Lipinski definition) is 7. The van der Waals surface area contributed by atoms with E-state index in [9.17, 15) is 13.6 Å². The minimum absolute atomic E-state index is 0.217. The SMILES string of the molecule is COCCN1C[C@@H](NC(=O)NC2=C(C)C(=C3C=CNN3C)NN2c2ccccc2)[C@H](c2ccc(F)c(F)c2)C1. The second kappa shape index (κ2) is 11.3. The maximum atomic E-state index is 14.1. The number of carbonyl (C=O) groups is 1. The van der Waals surface area contributed by atoms with Gasteiger partial charge >= 0.3 is 6.03 Å². The third-order valence-corrected chi connectivity index (χ3v) is 7.25. The summed E-state index contributed by atoms with van der Waals surface area (Å²) in [6.07, 6.45) is 3.80. The second-order valence-corrected chi connectivity index (χ2v) is 9.78. The highest BCUT2D eigenvalue weighted by atomic mass is 19.2. The molecule has 0 radical (unpaired) electrons. The van der Waals surface area contributed by atoms with Crippen molar-refractivity contribution in [3.8, 4) is 0 Å². The van der Waals surface area contributed by atoms with Gasteiger partial charge in [0, 0.05) is 51.5 Å². The Hall–Kier alpha value is -4.09. The molecule has 206 valence electrons. The lowest BCUT2D eigenvalue weighted by molar-refractivity contribution is 0.159. The molecule has 2 aromatic rings. The zero-order valence-electron chi connectivity index (χ0n) is 22.2. The number of carbonyl (C=O) groups excluding carboxylic acids is 1. The van der Waals surface area contributed by atoms with E-state index in [4.69, 9.17) is 4.74 Å². The lowest BCUT2D eigenvalue weighted by Gasteiger charge is -2.25. The number of para-hydroxylation sites is 1. The molecule has 3 heterocycles. The first-order chi connectivity index (χ1) is 18.9. The fourth-order valence-corrected chi connectivity index (χ4v) is 5.20. The molecule has 0 saturated carbocycles. The minimum atomic E-state index is -0.900. The van der Waals surface area contributed by atoms with Crippen molar-refractivity contribution in [3.63, 3.8) is 0 Å². The quantitative estimate of drug-likeness (QED) is 0.432. The van der Waals surface area contributed by atoms with Crippen molar-refractivity contribution in [2.24, 2.45) is 0 Å². The predicted molar refractivity (Wildman–Crippen MR) is 145 cm³/mol. The summed E-state index contributed by atoms with van der Waals surface area (Å²) >= 11 is 0. The van der Waals surface area contributed by atoms with Crippen LogP contribution in [0.5, 0.6) is 0 Å². The van der Waals surface area contributed by atoms with E-state index in [1.807, 2.05) is 66.6 Å². The van der Waals surface area contributed by atoms with Crippen LogP contribution in [0.15, 0.2) is 83.6 Å². The molecule has 39 heavy (non-hydrogen) atoms. The number of rotatable bonds is 7. The summed E-state index contributed by atoms with van der Waals surface area (Å²) in [7, 11) is 3.55. The van der Waals surface area contributed by atoms with Crippen molar-refractivity contribution in [1.82, 2.24) is 31.4 Å². The zero-order valence-corrected chi connectivity index (χ0v) is 22.2. The maximum Gasteiger partial charge on any atom is 0.320 e. The second-order valence-electron chi connectivity index (χ2n) is 9.78. The Balaban J connectivity index is 1.39. The Bertz CT molecular complexity index is 1310. The number of urea groups is 1. The van der Waals surface area contributed by atoms with Crippen LogP contribution in [0.1, 0.15) is 18.4 Å². The van der Waals surface area contributed by atoms with E-state index in [-0.39, 0.29) is 12.0 Å². The Labute approximate surface area is 226 Å². The van der Waals surface area contributed by atoms with Crippen LogP contribution in [0.3, 0.4) is 0 Å². The first-order valence-electron chi connectivity index (χ1n) is 12.8. The molecule has 1 saturated heterocycles. The minimum Gasteiger partial charge on any atom is -0.383 e. The van der Waals surface area contributed by atoms with E-state index in [1.165, 1.54) is 6.07 Å². The van der Waals surface area contributed by atoms with Gasteiger partial charge in [0.05, 0.1) is 29.7 Å². The van der Waals surface area contributed by atoms with Crippen molar-refractivity contribution in [2.45, 2.75) is 18.9 Å². The molecule has 0 aromatic heterocycles. The molecule has 0 aliphatic carbocycles. The van der Waals surface area contributed by atoms with Crippen LogP contribution in [-0.2, 0) is 4.74 Å². The van der Waals surface area contributed by atoms with E-state index in [0.717, 1.165) is 28.7 Å². The first kappa shape index (κ1) is 26.5. The Morgan fingerprint density at radius 3 is 2.62 bits per heavy atom. The van der Waals surface area contributed by atoms with Gasteiger partial charge in [-0.3, -0.25) is 20.7 Å². The number of benzene rings is 2. The number of halogens is 2. The summed E-state index contributed by atoms with van der Waals surface area (Å²) in [4.78, 5) is 15.6. The molecule has 11 heteroatoms. The van der Waals surface area contributed by atoms with Gasteiger partial charge in [-0.1, -0.05) is 24.3 Å². The van der Waals surface area contributed by atoms with Gasteiger partial charge in [0.25, 0.3) is 0 Å². The van der Waals surface area contributed by atoms with Gasteiger partial charge < -0.3 is 15.5 Å². The van der Waals surface area contributed by atoms with Crippen LogP contribution in [0.4, 0.5) is 19.3 Å². The molecular formula is C28H33F2N7O2. The number of nitrogens with zero attached hydrogens (tertiary/aromatic N) is 3. The molecule has 5 rings (SSSR count). The molecule has 0 bridgehead atoms. The van der Waals surface area contributed by atoms with E-state index >= 15 is 0 Å². The third kappa shape index (κ3) is 5.55. The number of allylic oxidation sites excluding steroid dienone is 2. The van der Waals surface area contributed by atoms with Gasteiger partial charge in [0.15, 0.2) is 11.6 Å². The topological polar surface area (TPSA) is 84.1 Å². The van der Waals surface area contributed by atoms with Gasteiger partial charge in [-0.05, 0) is 42.8 Å². The fourth-order valence-electron chi connectivity index (χ4n) is 5.20. The summed E-state index contributed by atoms with van der Waals surface area (Å²) in [5.41, 5.74) is 10.7. The van der Waals surface area contributed by atoms with Crippen LogP contribution < -0.4 is 26.5 Å². The van der Waals surface area contributed by atoms with Crippen molar-refractivity contribution in [1.29, 1.82) is 0 Å². The third-order valence-electron chi connectivity index (χ3n) is 7.25. The Kier molecular flexibility index (Phi) is 7.71. The number of hydrazine groups is 2. The smallest absolute Gasteiger partial charge is 0.320 e. The van der Waals surface area contributed by atoms with Crippen LogP contribution in [-0.4, -0.2) is 62.4 Å². The number of anilines is 1. The van der Waals surface area contributed by atoms with Crippen LogP contribution in [0.2, 0.25) is 0 Å². The molecular weight excluding hydrogens is 504 g/mol. The van der Waals surface area contributed by atoms with E-state index < -0.39 is 17.7 Å². The van der Waals surface area contributed by atoms with Crippen molar-refractivity contribution in [2.75, 3.05) is 45.4 Å². The van der Waals surface area contributed by atoms with Gasteiger partial charge in [-0.25, -0.2) is 18.6 Å². The number of likely N-dealkylation sites (tertiary alicyclic amines) is 1. The maximum absolute atomic E-state index is 14.1. The average Bonchev–Trinajstić information content (AvgIpc) is 3.62. The van der Waals surface area contributed by atoms with Gasteiger partial charge in [-0.15, -0.1) is 0 Å². The van der Waals surface area contributed by atoms with E-state index in [1.54, 1.807) is 13.2 Å². The monoisotopic (exact) mass is 537 g/mol. The summed E-state index contributed by atoms with van der Waals surface area (Å²) in [6.45, 7) is 4.28. The lowest BCUT2D eigenvalue weighted by Crippen LogP contribution is -2.48. The normalized spacial score (nSPS) is 22.9. The molecule has 1 fully saturated rings. The number of hydrogen-bond donors (Lipinski definition) is 4. The van der Waals surface area contributed by atoms with Crippen molar-refractivity contribution in [3.05, 3.63) is 101 Å². The highest BCUT2D eigenvalue weighted by Gasteiger charge is 2.36. The van der Waals surface area contributed by atoms with Crippen molar-refractivity contribution < 1.29 is 18.3 Å². The molecule has 3 aliphatic heterocycles. The van der Waals surface area contributed by atoms with E-state index in [0.29, 0.717) is 37.6 Å². The molecule has 2 amide bonds. The molecule has 3 aliphatic rings. The molecule has 2 atom stereocenters. The Morgan fingerprint density at radius 1 is 1.13 bits per heavy atom. The van der Waals surface area contributed by atoms with Gasteiger partial charge in [0.1, 0.15) is 5.82 Å². The highest BCUT2D eigenvalue weighted by molar-refractivity contribution is 5.79. The van der Waals surface area contributed by atoms with Crippen LogP contribution >= 0.6 is 0 Å². The highest BCUT2D eigenvalue weighted by Crippen LogP contribution is 2.31. The number of amides is 2. The summed E-state index contributed by atoms with van der Waals surface area (Å²) in [5, 5.41) is 9.86. The largest absolute Gasteiger partial charge is 0.383 e. The van der Waals surface area contributed by atoms with E-state index in [2.05, 4.69) is 26.4 Å². The average molecular weight is 538 g/mol. The molecule has 4 N–H and O–H groups in total. The standard InChI is InChI=1S/C28H33F2N7O2/c1-18-26(25-11-12-31-35(25)2)34-37(20-7-5-4-6-8-20)27(18)33-28(38)32-24-17-36(13-14-39-3)16-21(24)19-9-10-22(29)23(30)15-19/h4-12,15,21,24,31,34H,13-14,16-17H2,1-3H3,(H2,32,33,38)/t21-,24+/m0/s1. The molecule has 0 unspecified atom stereocenters. The molecule has 9 nitrogen and oxygen atoms in total. The number of methoxy groups -OCH3 is 1. The molecule has 0 spiro atoms. The summed E-state index contributed by atoms with van der Waals surface area (Å²) in [5.74, 6) is -1.42. The predicted octanol–water partition coefficient (Wildman–Crippen LogP) is 3.11. The van der Waals surface area contributed by atoms with Gasteiger partial charge in [-0.2, -0.15) is 0 Å². The van der Waals surface area contributed by atoms with Gasteiger partial charge in [0.2, 0.25) is 0 Å². The van der Waals surface area contributed by atoms with Crippen molar-refractivity contribution >= 4 is 11.7 Å². The summed E-state index contributed by atoms with van der Waals surface area (Å²) < 4.78 is 32.9. The van der Waals surface area contributed by atoms with Crippen LogP contribution in [0.25, 0.3) is 0 Å². The lowest BCUT2D eigenvalue weighted by atomic mass is 9.94. The van der Waals surface area contributed by atoms with Crippen LogP contribution in [0, 0.1) is 11.6 Å². The first-order valence-corrected chi connectivity index (χ1v) is 12.8. The Morgan fingerprint density at radius 2 is 1.92 bits per heavy atom. The summed E-state index contributed by atoms with van der Waals surface area (Å²) in [6, 6.07) is 12.9.